The summed E-state index contributed by atoms with van der Waals surface area (Å²) in [5.41, 5.74) is 0. The molecule has 1 amide bonds. The molecule has 1 aromatic carbocycles. The lowest BCUT2D eigenvalue weighted by molar-refractivity contribution is -0.131. The molecule has 2 N–H and O–H groups in total. The SMILES string of the molecule is CC(C)O.O=C(NC1CCCCC1)C1CC(Oc2ccccc2Cl)C1. The van der Waals surface area contributed by atoms with Crippen LogP contribution in [0.5, 0.6) is 5.75 Å². The zero-order chi connectivity index (χ0) is 18.2. The summed E-state index contributed by atoms with van der Waals surface area (Å²) in [6.45, 7) is 3.44. The van der Waals surface area contributed by atoms with Gasteiger partial charge in [0.2, 0.25) is 5.91 Å². The van der Waals surface area contributed by atoms with Crippen LogP contribution in [0, 0.1) is 5.92 Å². The van der Waals surface area contributed by atoms with E-state index in [-0.39, 0.29) is 24.0 Å². The topological polar surface area (TPSA) is 58.6 Å². The summed E-state index contributed by atoms with van der Waals surface area (Å²) in [4.78, 5) is 12.2. The van der Waals surface area contributed by atoms with Crippen molar-refractivity contribution in [3.8, 4) is 5.75 Å². The number of carbonyl (C=O) groups is 1. The predicted molar refractivity (Wildman–Crippen MR) is 101 cm³/mol. The molecular formula is C20H30ClNO3. The van der Waals surface area contributed by atoms with Gasteiger partial charge in [-0.1, -0.05) is 43.0 Å². The van der Waals surface area contributed by atoms with Crippen molar-refractivity contribution >= 4 is 17.5 Å². The largest absolute Gasteiger partial charge is 0.489 e. The standard InChI is InChI=1S/C17H22ClNO2.C3H8O/c18-15-8-4-5-9-16(15)21-14-10-12(11-14)17(20)19-13-6-2-1-3-7-13;1-3(2)4/h4-5,8-9,12-14H,1-3,6-7,10-11H2,(H,19,20);3-4H,1-2H3. The van der Waals surface area contributed by atoms with Crippen molar-refractivity contribution < 1.29 is 14.6 Å². The fraction of sp³-hybridized carbons (Fsp3) is 0.650. The molecule has 0 unspecified atom stereocenters. The van der Waals surface area contributed by atoms with Gasteiger partial charge in [0, 0.05) is 18.1 Å². The number of aliphatic hydroxyl groups excluding tert-OH is 1. The summed E-state index contributed by atoms with van der Waals surface area (Å²) in [6, 6.07) is 7.89. The first-order chi connectivity index (χ1) is 12.0. The van der Waals surface area contributed by atoms with Gasteiger partial charge in [-0.2, -0.15) is 0 Å². The van der Waals surface area contributed by atoms with E-state index < -0.39 is 0 Å². The number of amides is 1. The Bertz CT molecular complexity index is 535. The van der Waals surface area contributed by atoms with E-state index in [0.717, 1.165) is 31.4 Å². The van der Waals surface area contributed by atoms with Crippen LogP contribution in [0.4, 0.5) is 0 Å². The van der Waals surface area contributed by atoms with E-state index in [9.17, 15) is 4.79 Å². The van der Waals surface area contributed by atoms with Gasteiger partial charge in [-0.3, -0.25) is 4.79 Å². The van der Waals surface area contributed by atoms with E-state index in [2.05, 4.69) is 5.32 Å². The van der Waals surface area contributed by atoms with Gasteiger partial charge in [-0.15, -0.1) is 0 Å². The summed E-state index contributed by atoms with van der Waals surface area (Å²) in [6.07, 6.45) is 7.61. The van der Waals surface area contributed by atoms with Crippen molar-refractivity contribution in [3.63, 3.8) is 0 Å². The average Bonchev–Trinajstić information content (AvgIpc) is 2.52. The van der Waals surface area contributed by atoms with Gasteiger partial charge >= 0.3 is 0 Å². The van der Waals surface area contributed by atoms with Gasteiger partial charge < -0.3 is 15.2 Å². The fourth-order valence-electron chi connectivity index (χ4n) is 3.16. The first-order valence-electron chi connectivity index (χ1n) is 9.35. The summed E-state index contributed by atoms with van der Waals surface area (Å²) in [7, 11) is 0. The van der Waals surface area contributed by atoms with Gasteiger partial charge in [0.05, 0.1) is 5.02 Å². The minimum Gasteiger partial charge on any atom is -0.489 e. The second-order valence-electron chi connectivity index (χ2n) is 7.28. The van der Waals surface area contributed by atoms with Crippen LogP contribution < -0.4 is 10.1 Å². The molecule has 2 aliphatic carbocycles. The van der Waals surface area contributed by atoms with Crippen molar-refractivity contribution in [3.05, 3.63) is 29.3 Å². The number of hydrogen-bond donors (Lipinski definition) is 2. The zero-order valence-electron chi connectivity index (χ0n) is 15.2. The first-order valence-corrected chi connectivity index (χ1v) is 9.73. The minimum absolute atomic E-state index is 0.111. The van der Waals surface area contributed by atoms with E-state index in [0.29, 0.717) is 11.1 Å². The molecule has 140 valence electrons. The number of carbonyl (C=O) groups excluding carboxylic acids is 1. The highest BCUT2D eigenvalue weighted by atomic mass is 35.5. The third-order valence-corrected chi connectivity index (χ3v) is 4.86. The first kappa shape index (κ1) is 20.1. The molecule has 0 heterocycles. The molecule has 2 saturated carbocycles. The highest BCUT2D eigenvalue weighted by Gasteiger charge is 2.37. The number of halogens is 1. The molecule has 1 aromatic rings. The third-order valence-electron chi connectivity index (χ3n) is 4.55. The van der Waals surface area contributed by atoms with Crippen molar-refractivity contribution in [2.75, 3.05) is 0 Å². The fourth-order valence-corrected chi connectivity index (χ4v) is 3.34. The van der Waals surface area contributed by atoms with E-state index >= 15 is 0 Å². The summed E-state index contributed by atoms with van der Waals surface area (Å²) >= 11 is 6.07. The lowest BCUT2D eigenvalue weighted by atomic mass is 9.81. The molecular weight excluding hydrogens is 338 g/mol. The highest BCUT2D eigenvalue weighted by molar-refractivity contribution is 6.32. The van der Waals surface area contributed by atoms with Crippen LogP contribution in [0.15, 0.2) is 24.3 Å². The van der Waals surface area contributed by atoms with E-state index in [4.69, 9.17) is 21.4 Å². The number of rotatable bonds is 4. The van der Waals surface area contributed by atoms with Crippen LogP contribution in [-0.4, -0.2) is 29.3 Å². The molecule has 0 aliphatic heterocycles. The minimum atomic E-state index is -0.167. The Balaban J connectivity index is 0.000000511. The Hall–Kier alpha value is -1.26. The summed E-state index contributed by atoms with van der Waals surface area (Å²) in [5, 5.41) is 11.9. The quantitative estimate of drug-likeness (QED) is 0.832. The van der Waals surface area contributed by atoms with Crippen LogP contribution >= 0.6 is 11.6 Å². The maximum Gasteiger partial charge on any atom is 0.223 e. The van der Waals surface area contributed by atoms with E-state index in [1.165, 1.54) is 19.3 Å². The Kier molecular flexibility index (Phi) is 8.04. The van der Waals surface area contributed by atoms with Crippen molar-refractivity contribution in [1.82, 2.24) is 5.32 Å². The molecule has 0 bridgehead atoms. The van der Waals surface area contributed by atoms with Crippen LogP contribution in [-0.2, 0) is 4.79 Å². The maximum absolute atomic E-state index is 12.2. The molecule has 25 heavy (non-hydrogen) atoms. The molecule has 0 atom stereocenters. The number of ether oxygens (including phenoxy) is 1. The Morgan fingerprint density at radius 1 is 1.20 bits per heavy atom. The van der Waals surface area contributed by atoms with Gasteiger partial charge in [-0.25, -0.2) is 0 Å². The maximum atomic E-state index is 12.2. The monoisotopic (exact) mass is 367 g/mol. The molecule has 2 aliphatic rings. The van der Waals surface area contributed by atoms with Crippen LogP contribution in [0.25, 0.3) is 0 Å². The highest BCUT2D eigenvalue weighted by Crippen LogP contribution is 2.34. The molecule has 4 nitrogen and oxygen atoms in total. The molecule has 2 fully saturated rings. The second kappa shape index (κ2) is 10.0. The number of aliphatic hydroxyl groups is 1. The molecule has 5 heteroatoms. The van der Waals surface area contributed by atoms with Crippen molar-refractivity contribution in [1.29, 1.82) is 0 Å². The summed E-state index contributed by atoms with van der Waals surface area (Å²) in [5.74, 6) is 1.04. The Labute approximate surface area is 155 Å². The third kappa shape index (κ3) is 6.87. The smallest absolute Gasteiger partial charge is 0.223 e. The lowest BCUT2D eigenvalue weighted by Gasteiger charge is -2.36. The van der Waals surface area contributed by atoms with Gasteiger partial charge in [0.15, 0.2) is 0 Å². The molecule has 0 saturated heterocycles. The number of nitrogens with one attached hydrogen (secondary N) is 1. The number of benzene rings is 1. The van der Waals surface area contributed by atoms with E-state index in [1.807, 2.05) is 24.3 Å². The van der Waals surface area contributed by atoms with Gasteiger partial charge in [-0.05, 0) is 51.7 Å². The number of hydrogen-bond acceptors (Lipinski definition) is 3. The molecule has 0 aromatic heterocycles. The lowest BCUT2D eigenvalue weighted by Crippen LogP contribution is -2.47. The Morgan fingerprint density at radius 2 is 1.80 bits per heavy atom. The normalized spacial score (nSPS) is 23.2. The van der Waals surface area contributed by atoms with Gasteiger partial charge in [0.25, 0.3) is 0 Å². The van der Waals surface area contributed by atoms with E-state index in [1.54, 1.807) is 13.8 Å². The van der Waals surface area contributed by atoms with Crippen LogP contribution in [0.2, 0.25) is 5.02 Å². The van der Waals surface area contributed by atoms with Crippen LogP contribution in [0.1, 0.15) is 58.8 Å². The number of para-hydroxylation sites is 1. The predicted octanol–water partition coefficient (Wildman–Crippen LogP) is 4.33. The Morgan fingerprint density at radius 3 is 2.40 bits per heavy atom. The van der Waals surface area contributed by atoms with Gasteiger partial charge in [0.1, 0.15) is 11.9 Å². The van der Waals surface area contributed by atoms with Crippen LogP contribution in [0.3, 0.4) is 0 Å². The van der Waals surface area contributed by atoms with Crippen molar-refractivity contribution in [2.45, 2.75) is 77.0 Å². The zero-order valence-corrected chi connectivity index (χ0v) is 16.0. The second-order valence-corrected chi connectivity index (χ2v) is 7.68. The van der Waals surface area contributed by atoms with Crippen molar-refractivity contribution in [2.24, 2.45) is 5.92 Å². The molecule has 3 rings (SSSR count). The molecule has 0 radical (unpaired) electrons. The average molecular weight is 368 g/mol. The molecule has 0 spiro atoms. The summed E-state index contributed by atoms with van der Waals surface area (Å²) < 4.78 is 5.84.